The fourth-order valence-corrected chi connectivity index (χ4v) is 2.63. The Balaban J connectivity index is 2.37. The summed E-state index contributed by atoms with van der Waals surface area (Å²) in [5, 5.41) is 16.2. The molecule has 1 aromatic rings. The van der Waals surface area contributed by atoms with E-state index in [0.29, 0.717) is 6.54 Å². The average Bonchev–Trinajstić information content (AvgIpc) is 2.91. The number of unbranched alkanes of at least 4 members (excludes halogenated alkanes) is 2. The van der Waals surface area contributed by atoms with Gasteiger partial charge in [0.05, 0.1) is 12.5 Å². The lowest BCUT2D eigenvalue weighted by Gasteiger charge is -2.16. The molecule has 112 valence electrons. The average molecular weight is 298 g/mol. The van der Waals surface area contributed by atoms with Crippen molar-refractivity contribution in [3.05, 3.63) is 22.4 Å². The van der Waals surface area contributed by atoms with E-state index in [-0.39, 0.29) is 30.9 Å². The van der Waals surface area contributed by atoms with Gasteiger partial charge in [0, 0.05) is 25.0 Å². The Morgan fingerprint density at radius 2 is 2.15 bits per heavy atom. The van der Waals surface area contributed by atoms with Crippen LogP contribution in [0.2, 0.25) is 0 Å². The third-order valence-electron chi connectivity index (χ3n) is 2.81. The minimum atomic E-state index is -0.259. The van der Waals surface area contributed by atoms with Gasteiger partial charge in [-0.25, -0.2) is 0 Å². The molecule has 0 aliphatic rings. The highest BCUT2D eigenvalue weighted by Gasteiger charge is 2.17. The first-order chi connectivity index (χ1) is 9.63. The number of nitrogens with one attached hydrogen (secondary N) is 2. The highest BCUT2D eigenvalue weighted by atomic mass is 32.1. The van der Waals surface area contributed by atoms with Crippen molar-refractivity contribution < 1.29 is 14.7 Å². The Bertz CT molecular complexity index is 407. The molecule has 1 aromatic heterocycles. The van der Waals surface area contributed by atoms with Crippen LogP contribution in [0.5, 0.6) is 0 Å². The number of rotatable bonds is 9. The predicted molar refractivity (Wildman–Crippen MR) is 79.4 cm³/mol. The van der Waals surface area contributed by atoms with E-state index < -0.39 is 0 Å². The van der Waals surface area contributed by atoms with E-state index in [1.807, 2.05) is 17.5 Å². The van der Waals surface area contributed by atoms with Crippen molar-refractivity contribution >= 4 is 23.2 Å². The predicted octanol–water partition coefficient (Wildman–Crippen LogP) is 1.59. The molecule has 5 nitrogen and oxygen atoms in total. The zero-order chi connectivity index (χ0) is 14.8. The van der Waals surface area contributed by atoms with E-state index in [1.165, 1.54) is 18.3 Å². The summed E-state index contributed by atoms with van der Waals surface area (Å²) in [5.74, 6) is -0.208. The molecule has 0 fully saturated rings. The molecule has 0 radical (unpaired) electrons. The number of aliphatic hydroxyl groups is 1. The second kappa shape index (κ2) is 9.50. The van der Waals surface area contributed by atoms with Crippen molar-refractivity contribution in [2.45, 2.75) is 38.6 Å². The molecule has 1 rings (SSSR count). The van der Waals surface area contributed by atoms with Crippen LogP contribution in [0.4, 0.5) is 0 Å². The summed E-state index contributed by atoms with van der Waals surface area (Å²) in [6, 6.07) is 3.56. The van der Waals surface area contributed by atoms with E-state index in [0.717, 1.165) is 24.1 Å². The topological polar surface area (TPSA) is 78.4 Å². The number of amides is 2. The lowest BCUT2D eigenvalue weighted by molar-refractivity contribution is -0.122. The number of aliphatic hydroxyl groups excluding tert-OH is 1. The lowest BCUT2D eigenvalue weighted by Crippen LogP contribution is -2.32. The summed E-state index contributed by atoms with van der Waals surface area (Å²) in [5.41, 5.74) is 0. The maximum atomic E-state index is 11.9. The number of hydrogen-bond acceptors (Lipinski definition) is 4. The Morgan fingerprint density at radius 3 is 2.75 bits per heavy atom. The Labute approximate surface area is 123 Å². The molecule has 6 heteroatoms. The molecule has 2 amide bonds. The number of carbonyl (C=O) groups is 2. The van der Waals surface area contributed by atoms with Crippen LogP contribution in [0.15, 0.2) is 17.5 Å². The van der Waals surface area contributed by atoms with Crippen LogP contribution >= 0.6 is 11.3 Å². The summed E-state index contributed by atoms with van der Waals surface area (Å²) in [6.07, 6.45) is 2.77. The minimum Gasteiger partial charge on any atom is -0.396 e. The normalized spacial score (nSPS) is 11.9. The first kappa shape index (κ1) is 16.7. The van der Waals surface area contributed by atoms with Crippen molar-refractivity contribution in [2.24, 2.45) is 0 Å². The number of hydrogen-bond donors (Lipinski definition) is 3. The second-order valence-electron chi connectivity index (χ2n) is 4.61. The van der Waals surface area contributed by atoms with Gasteiger partial charge in [0.1, 0.15) is 0 Å². The van der Waals surface area contributed by atoms with Crippen molar-refractivity contribution in [2.75, 3.05) is 13.2 Å². The van der Waals surface area contributed by atoms with Gasteiger partial charge in [0.25, 0.3) is 0 Å². The lowest BCUT2D eigenvalue weighted by atomic mass is 10.1. The third kappa shape index (κ3) is 6.68. The summed E-state index contributed by atoms with van der Waals surface area (Å²) in [4.78, 5) is 24.0. The highest BCUT2D eigenvalue weighted by Crippen LogP contribution is 2.21. The summed E-state index contributed by atoms with van der Waals surface area (Å²) < 4.78 is 0. The smallest absolute Gasteiger partial charge is 0.222 e. The molecule has 1 atom stereocenters. The van der Waals surface area contributed by atoms with E-state index in [9.17, 15) is 9.59 Å². The van der Waals surface area contributed by atoms with Gasteiger partial charge in [0.2, 0.25) is 11.8 Å². The molecule has 0 aliphatic heterocycles. The molecular formula is C14H22N2O3S. The second-order valence-corrected chi connectivity index (χ2v) is 5.59. The number of carbonyl (C=O) groups excluding carboxylic acids is 2. The van der Waals surface area contributed by atoms with Gasteiger partial charge in [-0.3, -0.25) is 9.59 Å². The molecule has 0 spiro atoms. The maximum Gasteiger partial charge on any atom is 0.222 e. The highest BCUT2D eigenvalue weighted by molar-refractivity contribution is 7.10. The molecule has 0 saturated carbocycles. The van der Waals surface area contributed by atoms with Gasteiger partial charge in [-0.05, 0) is 30.7 Å². The van der Waals surface area contributed by atoms with E-state index in [1.54, 1.807) is 0 Å². The van der Waals surface area contributed by atoms with Crippen molar-refractivity contribution in [3.8, 4) is 0 Å². The Hall–Kier alpha value is -1.40. The van der Waals surface area contributed by atoms with Crippen molar-refractivity contribution in [1.29, 1.82) is 0 Å². The quantitative estimate of drug-likeness (QED) is 0.606. The van der Waals surface area contributed by atoms with Gasteiger partial charge >= 0.3 is 0 Å². The molecule has 0 saturated heterocycles. The van der Waals surface area contributed by atoms with Crippen LogP contribution in [0.1, 0.15) is 43.5 Å². The minimum absolute atomic E-state index is 0.0684. The molecular weight excluding hydrogens is 276 g/mol. The van der Waals surface area contributed by atoms with E-state index >= 15 is 0 Å². The third-order valence-corrected chi connectivity index (χ3v) is 3.80. The zero-order valence-electron chi connectivity index (χ0n) is 11.7. The van der Waals surface area contributed by atoms with Crippen LogP contribution < -0.4 is 10.6 Å². The van der Waals surface area contributed by atoms with E-state index in [2.05, 4.69) is 10.6 Å². The molecule has 1 unspecified atom stereocenters. The summed E-state index contributed by atoms with van der Waals surface area (Å²) >= 11 is 1.53. The Kier molecular flexibility index (Phi) is 7.91. The molecule has 1 heterocycles. The van der Waals surface area contributed by atoms with Gasteiger partial charge in [0.15, 0.2) is 0 Å². The van der Waals surface area contributed by atoms with Crippen LogP contribution in [-0.2, 0) is 9.59 Å². The molecule has 0 aliphatic carbocycles. The first-order valence-corrected chi connectivity index (χ1v) is 7.69. The van der Waals surface area contributed by atoms with Crippen molar-refractivity contribution in [1.82, 2.24) is 10.6 Å². The SMILES string of the molecule is CC(=O)NC(CC(=O)NCCCCCO)c1cccs1. The van der Waals surface area contributed by atoms with Crippen molar-refractivity contribution in [3.63, 3.8) is 0 Å². The van der Waals surface area contributed by atoms with Crippen LogP contribution in [0.3, 0.4) is 0 Å². The van der Waals surface area contributed by atoms with Crippen LogP contribution in [0.25, 0.3) is 0 Å². The Morgan fingerprint density at radius 1 is 1.35 bits per heavy atom. The molecule has 3 N–H and O–H groups in total. The molecule has 20 heavy (non-hydrogen) atoms. The largest absolute Gasteiger partial charge is 0.396 e. The van der Waals surface area contributed by atoms with Gasteiger partial charge in [-0.15, -0.1) is 11.3 Å². The summed E-state index contributed by atoms with van der Waals surface area (Å²) in [7, 11) is 0. The fourth-order valence-electron chi connectivity index (χ4n) is 1.86. The van der Waals surface area contributed by atoms with Gasteiger partial charge < -0.3 is 15.7 Å². The monoisotopic (exact) mass is 298 g/mol. The van der Waals surface area contributed by atoms with E-state index in [4.69, 9.17) is 5.11 Å². The standard InChI is InChI=1S/C14H22N2O3S/c1-11(18)16-12(13-6-5-9-20-13)10-14(19)15-7-3-2-4-8-17/h5-6,9,12,17H,2-4,7-8,10H2,1H3,(H,15,19)(H,16,18). The first-order valence-electron chi connectivity index (χ1n) is 6.81. The summed E-state index contributed by atoms with van der Waals surface area (Å²) in [6.45, 7) is 2.25. The van der Waals surface area contributed by atoms with Gasteiger partial charge in [-0.2, -0.15) is 0 Å². The van der Waals surface area contributed by atoms with Crippen LogP contribution in [0, 0.1) is 0 Å². The van der Waals surface area contributed by atoms with Gasteiger partial charge in [-0.1, -0.05) is 6.07 Å². The van der Waals surface area contributed by atoms with Crippen LogP contribution in [-0.4, -0.2) is 30.1 Å². The maximum absolute atomic E-state index is 11.9. The zero-order valence-corrected chi connectivity index (χ0v) is 12.5. The number of thiophene rings is 1. The molecule has 0 aromatic carbocycles. The molecule has 0 bridgehead atoms. The fraction of sp³-hybridized carbons (Fsp3) is 0.571.